The maximum absolute atomic E-state index is 5.50. The zero-order valence-corrected chi connectivity index (χ0v) is 9.19. The van der Waals surface area contributed by atoms with Crippen molar-refractivity contribution in [3.63, 3.8) is 0 Å². The van der Waals surface area contributed by atoms with E-state index < -0.39 is 0 Å². The van der Waals surface area contributed by atoms with Gasteiger partial charge in [0.15, 0.2) is 0 Å². The molecule has 15 heavy (non-hydrogen) atoms. The predicted molar refractivity (Wildman–Crippen MR) is 60.4 cm³/mol. The summed E-state index contributed by atoms with van der Waals surface area (Å²) in [4.78, 5) is 0. The number of ether oxygens (including phenoxy) is 2. The lowest BCUT2D eigenvalue weighted by molar-refractivity contribution is 0.121. The number of rotatable bonds is 3. The lowest BCUT2D eigenvalue weighted by Crippen LogP contribution is -2.26. The van der Waals surface area contributed by atoms with Crippen LogP contribution in [-0.2, 0) is 4.74 Å². The Bertz CT molecular complexity index is 310. The van der Waals surface area contributed by atoms with Crippen molar-refractivity contribution in [2.75, 3.05) is 19.0 Å². The van der Waals surface area contributed by atoms with Crippen molar-refractivity contribution >= 4 is 5.69 Å². The highest BCUT2D eigenvalue weighted by atomic mass is 16.5. The Kier molecular flexibility index (Phi) is 3.11. The molecule has 3 heteroatoms. The number of benzene rings is 1. The summed E-state index contributed by atoms with van der Waals surface area (Å²) in [7, 11) is 1.68. The SMILES string of the molecule is COc1ccc(NC2CCOC2C)cc1. The molecule has 82 valence electrons. The van der Waals surface area contributed by atoms with Gasteiger partial charge in [-0.05, 0) is 37.6 Å². The molecule has 2 atom stereocenters. The van der Waals surface area contributed by atoms with Crippen molar-refractivity contribution < 1.29 is 9.47 Å². The molecule has 1 aromatic carbocycles. The van der Waals surface area contributed by atoms with Crippen molar-refractivity contribution in [2.45, 2.75) is 25.5 Å². The molecule has 1 N–H and O–H groups in total. The summed E-state index contributed by atoms with van der Waals surface area (Å²) in [5.41, 5.74) is 1.12. The molecule has 0 amide bonds. The Hall–Kier alpha value is -1.22. The van der Waals surface area contributed by atoms with Gasteiger partial charge < -0.3 is 14.8 Å². The van der Waals surface area contributed by atoms with Crippen LogP contribution in [0.1, 0.15) is 13.3 Å². The third kappa shape index (κ3) is 2.42. The first-order chi connectivity index (χ1) is 7.29. The number of anilines is 1. The monoisotopic (exact) mass is 207 g/mol. The molecule has 0 aromatic heterocycles. The van der Waals surface area contributed by atoms with Gasteiger partial charge in [-0.1, -0.05) is 0 Å². The van der Waals surface area contributed by atoms with Gasteiger partial charge in [-0.25, -0.2) is 0 Å². The van der Waals surface area contributed by atoms with E-state index in [1.54, 1.807) is 7.11 Å². The van der Waals surface area contributed by atoms with E-state index in [-0.39, 0.29) is 0 Å². The van der Waals surface area contributed by atoms with E-state index in [2.05, 4.69) is 12.2 Å². The second kappa shape index (κ2) is 4.53. The molecule has 1 saturated heterocycles. The van der Waals surface area contributed by atoms with E-state index in [1.165, 1.54) is 0 Å². The van der Waals surface area contributed by atoms with E-state index in [9.17, 15) is 0 Å². The number of hydrogen-bond donors (Lipinski definition) is 1. The lowest BCUT2D eigenvalue weighted by atomic mass is 10.1. The van der Waals surface area contributed by atoms with Crippen LogP contribution >= 0.6 is 0 Å². The summed E-state index contributed by atoms with van der Waals surface area (Å²) in [5, 5.41) is 3.46. The first kappa shape index (κ1) is 10.3. The summed E-state index contributed by atoms with van der Waals surface area (Å²) in [5.74, 6) is 0.885. The normalized spacial score (nSPS) is 25.2. The quantitative estimate of drug-likeness (QED) is 0.824. The van der Waals surface area contributed by atoms with E-state index in [4.69, 9.17) is 9.47 Å². The predicted octanol–water partition coefficient (Wildman–Crippen LogP) is 2.28. The second-order valence-electron chi connectivity index (χ2n) is 3.84. The first-order valence-corrected chi connectivity index (χ1v) is 5.32. The van der Waals surface area contributed by atoms with Crippen molar-refractivity contribution in [1.29, 1.82) is 0 Å². The molecule has 0 saturated carbocycles. The molecule has 0 aliphatic carbocycles. The first-order valence-electron chi connectivity index (χ1n) is 5.32. The topological polar surface area (TPSA) is 30.5 Å². The van der Waals surface area contributed by atoms with Crippen LogP contribution in [0.15, 0.2) is 24.3 Å². The Labute approximate surface area is 90.4 Å². The molecular formula is C12H17NO2. The van der Waals surface area contributed by atoms with Gasteiger partial charge in [-0.3, -0.25) is 0 Å². The smallest absolute Gasteiger partial charge is 0.119 e. The van der Waals surface area contributed by atoms with E-state index in [1.807, 2.05) is 24.3 Å². The van der Waals surface area contributed by atoms with Gasteiger partial charge in [0, 0.05) is 12.3 Å². The fourth-order valence-corrected chi connectivity index (χ4v) is 1.82. The average molecular weight is 207 g/mol. The molecule has 1 aliphatic heterocycles. The Morgan fingerprint density at radius 2 is 2.07 bits per heavy atom. The summed E-state index contributed by atoms with van der Waals surface area (Å²) in [6.07, 6.45) is 1.37. The van der Waals surface area contributed by atoms with Gasteiger partial charge in [-0.2, -0.15) is 0 Å². The van der Waals surface area contributed by atoms with Crippen LogP contribution < -0.4 is 10.1 Å². The van der Waals surface area contributed by atoms with Gasteiger partial charge >= 0.3 is 0 Å². The molecule has 1 fully saturated rings. The molecule has 0 spiro atoms. The molecular weight excluding hydrogens is 190 g/mol. The highest BCUT2D eigenvalue weighted by Crippen LogP contribution is 2.20. The third-order valence-corrected chi connectivity index (χ3v) is 2.82. The molecule has 1 aromatic rings. The van der Waals surface area contributed by atoms with Gasteiger partial charge in [0.25, 0.3) is 0 Å². The zero-order valence-electron chi connectivity index (χ0n) is 9.19. The highest BCUT2D eigenvalue weighted by Gasteiger charge is 2.23. The minimum Gasteiger partial charge on any atom is -0.497 e. The van der Waals surface area contributed by atoms with Gasteiger partial charge in [0.2, 0.25) is 0 Å². The van der Waals surface area contributed by atoms with Crippen molar-refractivity contribution in [3.8, 4) is 5.75 Å². The Morgan fingerprint density at radius 3 is 2.60 bits per heavy atom. The summed E-state index contributed by atoms with van der Waals surface area (Å²) >= 11 is 0. The Morgan fingerprint density at radius 1 is 1.33 bits per heavy atom. The van der Waals surface area contributed by atoms with E-state index in [0.29, 0.717) is 12.1 Å². The lowest BCUT2D eigenvalue weighted by Gasteiger charge is -2.17. The van der Waals surface area contributed by atoms with Crippen LogP contribution in [-0.4, -0.2) is 25.9 Å². The van der Waals surface area contributed by atoms with E-state index >= 15 is 0 Å². The number of methoxy groups -OCH3 is 1. The molecule has 0 radical (unpaired) electrons. The molecule has 2 rings (SSSR count). The van der Waals surface area contributed by atoms with Crippen molar-refractivity contribution in [1.82, 2.24) is 0 Å². The van der Waals surface area contributed by atoms with Crippen molar-refractivity contribution in [3.05, 3.63) is 24.3 Å². The van der Waals surface area contributed by atoms with Crippen LogP contribution in [0.3, 0.4) is 0 Å². The zero-order chi connectivity index (χ0) is 10.7. The van der Waals surface area contributed by atoms with Crippen LogP contribution in [0.4, 0.5) is 5.69 Å². The van der Waals surface area contributed by atoms with Crippen LogP contribution in [0.25, 0.3) is 0 Å². The summed E-state index contributed by atoms with van der Waals surface area (Å²) in [6.45, 7) is 2.96. The number of nitrogens with one attached hydrogen (secondary N) is 1. The standard InChI is InChI=1S/C12H17NO2/c1-9-12(7-8-15-9)13-10-3-5-11(14-2)6-4-10/h3-6,9,12-13H,7-8H2,1-2H3. The average Bonchev–Trinajstić information content (AvgIpc) is 2.66. The van der Waals surface area contributed by atoms with Crippen LogP contribution in [0, 0.1) is 0 Å². The Balaban J connectivity index is 1.98. The maximum Gasteiger partial charge on any atom is 0.119 e. The summed E-state index contributed by atoms with van der Waals surface area (Å²) in [6, 6.07) is 8.41. The summed E-state index contributed by atoms with van der Waals surface area (Å²) < 4.78 is 10.6. The minimum atomic E-state index is 0.298. The molecule has 1 aliphatic rings. The molecule has 2 unspecified atom stereocenters. The highest BCUT2D eigenvalue weighted by molar-refractivity contribution is 5.47. The second-order valence-corrected chi connectivity index (χ2v) is 3.84. The fourth-order valence-electron chi connectivity index (χ4n) is 1.82. The molecule has 0 bridgehead atoms. The van der Waals surface area contributed by atoms with Gasteiger partial charge in [0.1, 0.15) is 5.75 Å². The largest absolute Gasteiger partial charge is 0.497 e. The minimum absolute atomic E-state index is 0.298. The number of hydrogen-bond acceptors (Lipinski definition) is 3. The van der Waals surface area contributed by atoms with Crippen molar-refractivity contribution in [2.24, 2.45) is 0 Å². The fraction of sp³-hybridized carbons (Fsp3) is 0.500. The third-order valence-electron chi connectivity index (χ3n) is 2.82. The maximum atomic E-state index is 5.50. The van der Waals surface area contributed by atoms with Crippen LogP contribution in [0.2, 0.25) is 0 Å². The van der Waals surface area contributed by atoms with E-state index in [0.717, 1.165) is 24.5 Å². The van der Waals surface area contributed by atoms with Gasteiger partial charge in [0.05, 0.1) is 19.3 Å². The molecule has 3 nitrogen and oxygen atoms in total. The van der Waals surface area contributed by atoms with Crippen LogP contribution in [0.5, 0.6) is 5.75 Å². The molecule has 1 heterocycles. The van der Waals surface area contributed by atoms with Gasteiger partial charge in [-0.15, -0.1) is 0 Å².